The fraction of sp³-hybridized carbons (Fsp3) is 0.417. The van der Waals surface area contributed by atoms with Gasteiger partial charge in [0.25, 0.3) is 0 Å². The number of nitrogens with one attached hydrogen (secondary N) is 2. The van der Waals surface area contributed by atoms with Crippen molar-refractivity contribution in [2.75, 3.05) is 24.8 Å². The van der Waals surface area contributed by atoms with Crippen LogP contribution < -0.4 is 20.1 Å². The van der Waals surface area contributed by atoms with E-state index in [4.69, 9.17) is 32.7 Å². The van der Waals surface area contributed by atoms with E-state index in [9.17, 15) is 9.59 Å². The zero-order valence-corrected chi connectivity index (χ0v) is 19.9. The second kappa shape index (κ2) is 13.9. The smallest absolute Gasteiger partial charge is 0.410 e. The molecule has 0 spiro atoms. The highest BCUT2D eigenvalue weighted by Gasteiger charge is 2.22. The van der Waals surface area contributed by atoms with Gasteiger partial charge in [-0.15, -0.1) is 23.2 Å². The van der Waals surface area contributed by atoms with Gasteiger partial charge in [0.05, 0.1) is 0 Å². The number of benzene rings is 2. The Kier molecular flexibility index (Phi) is 11.2. The summed E-state index contributed by atoms with van der Waals surface area (Å²) in [6, 6.07) is 15.2. The Bertz CT molecular complexity index is 773. The first-order valence-corrected chi connectivity index (χ1v) is 11.8. The molecule has 0 unspecified atom stereocenters. The van der Waals surface area contributed by atoms with Crippen molar-refractivity contribution in [1.82, 2.24) is 10.6 Å². The second-order valence-corrected chi connectivity index (χ2v) is 7.93. The molecular weight excluding hydrogens is 451 g/mol. The monoisotopic (exact) mass is 480 g/mol. The summed E-state index contributed by atoms with van der Waals surface area (Å²) in [5.41, 5.74) is 2.35. The number of rotatable bonds is 11. The van der Waals surface area contributed by atoms with E-state index in [1.807, 2.05) is 24.3 Å². The normalized spacial score (nSPS) is 12.5. The van der Waals surface area contributed by atoms with Gasteiger partial charge >= 0.3 is 12.2 Å². The van der Waals surface area contributed by atoms with Crippen LogP contribution in [0, 0.1) is 0 Å². The Morgan fingerprint density at radius 3 is 1.34 bits per heavy atom. The number of carbonyl (C=O) groups is 2. The first-order chi connectivity index (χ1) is 15.5. The summed E-state index contributed by atoms with van der Waals surface area (Å²) >= 11 is 11.1. The van der Waals surface area contributed by atoms with Crippen LogP contribution in [0.1, 0.15) is 49.7 Å². The summed E-state index contributed by atoms with van der Waals surface area (Å²) in [4.78, 5) is 23.4. The Morgan fingerprint density at radius 1 is 0.719 bits per heavy atom. The number of hydrogen-bond donors (Lipinski definition) is 2. The van der Waals surface area contributed by atoms with Gasteiger partial charge in [0, 0.05) is 24.8 Å². The number of alkyl halides is 2. The second-order valence-electron chi connectivity index (χ2n) is 7.18. The summed E-state index contributed by atoms with van der Waals surface area (Å²) < 4.78 is 10.5. The Hall–Kier alpha value is -2.44. The molecule has 0 bridgehead atoms. The summed E-state index contributed by atoms with van der Waals surface area (Å²) in [6.45, 7) is 5.04. The van der Waals surface area contributed by atoms with Crippen molar-refractivity contribution in [2.45, 2.75) is 38.5 Å². The molecule has 0 aliphatic heterocycles. The van der Waals surface area contributed by atoms with Crippen LogP contribution in [0.15, 0.2) is 48.5 Å². The molecule has 2 N–H and O–H groups in total. The van der Waals surface area contributed by atoms with Crippen molar-refractivity contribution in [3.63, 3.8) is 0 Å². The molecule has 0 fully saturated rings. The van der Waals surface area contributed by atoms with Crippen LogP contribution in [-0.2, 0) is 0 Å². The molecule has 0 heterocycles. The van der Waals surface area contributed by atoms with E-state index in [-0.39, 0.29) is 11.8 Å². The quantitative estimate of drug-likeness (QED) is 0.385. The molecule has 0 aromatic heterocycles. The first kappa shape index (κ1) is 25.8. The number of hydrogen-bond acceptors (Lipinski definition) is 4. The molecule has 2 amide bonds. The topological polar surface area (TPSA) is 76.7 Å². The minimum absolute atomic E-state index is 0.290. The molecule has 8 heteroatoms. The minimum Gasteiger partial charge on any atom is -0.410 e. The summed E-state index contributed by atoms with van der Waals surface area (Å²) in [5, 5.41) is 5.14. The number of amides is 2. The van der Waals surface area contributed by atoms with Gasteiger partial charge in [-0.1, -0.05) is 38.1 Å². The molecule has 2 rings (SSSR count). The average molecular weight is 481 g/mol. The van der Waals surface area contributed by atoms with Crippen LogP contribution >= 0.6 is 23.2 Å². The van der Waals surface area contributed by atoms with Crippen molar-refractivity contribution >= 4 is 35.4 Å². The minimum atomic E-state index is -0.518. The van der Waals surface area contributed by atoms with E-state index in [0.29, 0.717) is 36.3 Å². The van der Waals surface area contributed by atoms with Gasteiger partial charge in [-0.25, -0.2) is 9.59 Å². The van der Waals surface area contributed by atoms with E-state index in [2.05, 4.69) is 24.5 Å². The number of carbonyl (C=O) groups excluding carboxylic acids is 2. The van der Waals surface area contributed by atoms with E-state index in [0.717, 1.165) is 12.8 Å². The van der Waals surface area contributed by atoms with Crippen molar-refractivity contribution in [3.8, 4) is 11.5 Å². The molecule has 174 valence electrons. The van der Waals surface area contributed by atoms with E-state index >= 15 is 0 Å². The molecule has 32 heavy (non-hydrogen) atoms. The predicted molar refractivity (Wildman–Crippen MR) is 128 cm³/mol. The summed E-state index contributed by atoms with van der Waals surface area (Å²) in [5.74, 6) is 2.21. The molecule has 0 aliphatic rings. The zero-order chi connectivity index (χ0) is 23.3. The standard InChI is InChI=1S/C24H30Cl2N2O4/c1-3-21(17-5-9-19(10-6-17)31-23(29)27-15-13-25)22(4-2)18-7-11-20(12-8-18)32-24(30)28-16-14-26/h5-12,21-22H,3-4,13-16H2,1-2H3,(H,27,29)(H,28,30)/t21-,22+. The van der Waals surface area contributed by atoms with Crippen LogP contribution in [0.5, 0.6) is 11.5 Å². The fourth-order valence-corrected chi connectivity index (χ4v) is 3.85. The highest BCUT2D eigenvalue weighted by molar-refractivity contribution is 6.18. The van der Waals surface area contributed by atoms with Gasteiger partial charge in [-0.3, -0.25) is 0 Å². The third-order valence-corrected chi connectivity index (χ3v) is 5.51. The van der Waals surface area contributed by atoms with Gasteiger partial charge in [0.15, 0.2) is 0 Å². The molecular formula is C24H30Cl2N2O4. The molecule has 2 aromatic rings. The average Bonchev–Trinajstić information content (AvgIpc) is 2.81. The van der Waals surface area contributed by atoms with Gasteiger partial charge in [-0.05, 0) is 60.1 Å². The number of ether oxygens (including phenoxy) is 2. The SMILES string of the molecule is CC[C@H](c1ccc(OC(=O)NCCCl)cc1)[C@@H](CC)c1ccc(OC(=O)NCCCl)cc1. The molecule has 0 saturated heterocycles. The molecule has 0 aliphatic carbocycles. The molecule has 2 aromatic carbocycles. The third-order valence-electron chi connectivity index (χ3n) is 5.13. The largest absolute Gasteiger partial charge is 0.412 e. The van der Waals surface area contributed by atoms with Crippen LogP contribution in [0.4, 0.5) is 9.59 Å². The lowest BCUT2D eigenvalue weighted by Gasteiger charge is -2.26. The predicted octanol–water partition coefficient (Wildman–Crippen LogP) is 6.03. The van der Waals surface area contributed by atoms with Gasteiger partial charge in [0.1, 0.15) is 11.5 Å². The lowest BCUT2D eigenvalue weighted by Crippen LogP contribution is -2.28. The van der Waals surface area contributed by atoms with E-state index in [1.165, 1.54) is 11.1 Å². The maximum atomic E-state index is 11.7. The van der Waals surface area contributed by atoms with Gasteiger partial charge in [-0.2, -0.15) is 0 Å². The van der Waals surface area contributed by atoms with Crippen molar-refractivity contribution in [1.29, 1.82) is 0 Å². The zero-order valence-electron chi connectivity index (χ0n) is 18.4. The van der Waals surface area contributed by atoms with Gasteiger partial charge < -0.3 is 20.1 Å². The first-order valence-electron chi connectivity index (χ1n) is 10.8. The lowest BCUT2D eigenvalue weighted by molar-refractivity contribution is 0.200. The highest BCUT2D eigenvalue weighted by atomic mass is 35.5. The van der Waals surface area contributed by atoms with Crippen molar-refractivity contribution in [2.24, 2.45) is 0 Å². The Morgan fingerprint density at radius 2 is 1.06 bits per heavy atom. The third kappa shape index (κ3) is 7.92. The van der Waals surface area contributed by atoms with E-state index < -0.39 is 12.2 Å². The highest BCUT2D eigenvalue weighted by Crippen LogP contribution is 2.38. The Balaban J connectivity index is 2.07. The van der Waals surface area contributed by atoms with Crippen LogP contribution in [0.25, 0.3) is 0 Å². The maximum absolute atomic E-state index is 11.7. The molecule has 6 nitrogen and oxygen atoms in total. The molecule has 2 atom stereocenters. The van der Waals surface area contributed by atoms with Crippen molar-refractivity contribution in [3.05, 3.63) is 59.7 Å². The van der Waals surface area contributed by atoms with Crippen LogP contribution in [-0.4, -0.2) is 37.0 Å². The van der Waals surface area contributed by atoms with Crippen molar-refractivity contribution < 1.29 is 19.1 Å². The summed E-state index contributed by atoms with van der Waals surface area (Å²) in [7, 11) is 0. The molecule has 0 radical (unpaired) electrons. The fourth-order valence-electron chi connectivity index (χ4n) is 3.66. The lowest BCUT2D eigenvalue weighted by atomic mass is 9.78. The van der Waals surface area contributed by atoms with E-state index in [1.54, 1.807) is 24.3 Å². The van der Waals surface area contributed by atoms with Gasteiger partial charge in [0.2, 0.25) is 0 Å². The number of halogens is 2. The Labute approximate surface area is 199 Å². The van der Waals surface area contributed by atoms with Crippen LogP contribution in [0.2, 0.25) is 0 Å². The summed E-state index contributed by atoms with van der Waals surface area (Å²) in [6.07, 6.45) is 0.869. The van der Waals surface area contributed by atoms with Crippen LogP contribution in [0.3, 0.4) is 0 Å². The molecule has 0 saturated carbocycles. The maximum Gasteiger partial charge on any atom is 0.412 e.